The third kappa shape index (κ3) is 3.29. The maximum atomic E-state index is 10.9. The minimum atomic E-state index is -0.669. The van der Waals surface area contributed by atoms with Crippen LogP contribution in [0.15, 0.2) is 0 Å². The number of anilines is 1. The predicted molar refractivity (Wildman–Crippen MR) is 88.4 cm³/mol. The molecule has 2 aliphatic rings. The van der Waals surface area contributed by atoms with Gasteiger partial charge in [0.2, 0.25) is 5.13 Å². The van der Waals surface area contributed by atoms with Crippen LogP contribution in [0.25, 0.3) is 0 Å². The molecule has 1 aliphatic heterocycles. The first-order valence-corrected chi connectivity index (χ1v) is 9.15. The first-order valence-electron chi connectivity index (χ1n) is 8.38. The van der Waals surface area contributed by atoms with E-state index in [-0.39, 0.29) is 5.41 Å². The van der Waals surface area contributed by atoms with E-state index in [1.54, 1.807) is 0 Å². The van der Waals surface area contributed by atoms with Crippen LogP contribution in [0.2, 0.25) is 0 Å². The largest absolute Gasteiger partial charge is 0.389 e. The van der Waals surface area contributed by atoms with Gasteiger partial charge in [0.05, 0.1) is 5.60 Å². The van der Waals surface area contributed by atoms with Crippen molar-refractivity contribution in [2.24, 2.45) is 5.41 Å². The summed E-state index contributed by atoms with van der Waals surface area (Å²) in [5.41, 5.74) is -0.896. The van der Waals surface area contributed by atoms with Gasteiger partial charge in [0.25, 0.3) is 0 Å². The molecular weight excluding hydrogens is 298 g/mol. The number of aromatic nitrogens is 2. The molecule has 0 bridgehead atoms. The summed E-state index contributed by atoms with van der Waals surface area (Å²) in [5.74, 6) is 1.56. The third-order valence-electron chi connectivity index (χ3n) is 5.42. The summed E-state index contributed by atoms with van der Waals surface area (Å²) in [6.07, 6.45) is 6.45. The molecule has 0 unspecified atom stereocenters. The second-order valence-corrected chi connectivity index (χ2v) is 8.07. The van der Waals surface area contributed by atoms with Crippen LogP contribution in [0.4, 0.5) is 5.13 Å². The van der Waals surface area contributed by atoms with Gasteiger partial charge < -0.3 is 15.2 Å². The van der Waals surface area contributed by atoms with Gasteiger partial charge in [-0.15, -0.1) is 0 Å². The Labute approximate surface area is 136 Å². The van der Waals surface area contributed by atoms with E-state index in [2.05, 4.69) is 28.5 Å². The van der Waals surface area contributed by atoms with Crippen LogP contribution in [0.5, 0.6) is 0 Å². The van der Waals surface area contributed by atoms with Crippen LogP contribution < -0.4 is 5.32 Å². The van der Waals surface area contributed by atoms with Crippen LogP contribution in [0.3, 0.4) is 0 Å². The Kier molecular flexibility index (Phi) is 4.71. The molecule has 0 radical (unpaired) electrons. The Balaban J connectivity index is 1.59. The van der Waals surface area contributed by atoms with Crippen molar-refractivity contribution in [2.45, 2.75) is 63.9 Å². The van der Waals surface area contributed by atoms with E-state index in [1.807, 2.05) is 0 Å². The topological polar surface area (TPSA) is 67.3 Å². The van der Waals surface area contributed by atoms with E-state index in [4.69, 9.17) is 4.74 Å². The molecule has 1 saturated carbocycles. The zero-order chi connectivity index (χ0) is 15.6. The molecule has 2 heterocycles. The number of nitrogens with one attached hydrogen (secondary N) is 1. The summed E-state index contributed by atoms with van der Waals surface area (Å²) in [6, 6.07) is 0. The minimum absolute atomic E-state index is 0.226. The van der Waals surface area contributed by atoms with Gasteiger partial charge in [-0.1, -0.05) is 26.7 Å². The number of rotatable bonds is 5. The smallest absolute Gasteiger partial charge is 0.202 e. The zero-order valence-corrected chi connectivity index (χ0v) is 14.4. The summed E-state index contributed by atoms with van der Waals surface area (Å²) in [5, 5.41) is 15.2. The van der Waals surface area contributed by atoms with Crippen molar-refractivity contribution in [3.8, 4) is 0 Å². The molecule has 5 nitrogen and oxygen atoms in total. The van der Waals surface area contributed by atoms with E-state index < -0.39 is 5.60 Å². The summed E-state index contributed by atoms with van der Waals surface area (Å²) in [6.45, 7) is 6.21. The van der Waals surface area contributed by atoms with E-state index in [0.29, 0.717) is 38.5 Å². The summed E-state index contributed by atoms with van der Waals surface area (Å²) in [4.78, 5) is 4.65. The quantitative estimate of drug-likeness (QED) is 0.870. The van der Waals surface area contributed by atoms with Crippen molar-refractivity contribution < 1.29 is 9.84 Å². The monoisotopic (exact) mass is 325 g/mol. The molecule has 0 amide bonds. The number of hydrogen-bond acceptors (Lipinski definition) is 6. The number of ether oxygens (including phenoxy) is 1. The maximum Gasteiger partial charge on any atom is 0.202 e. The Hall–Kier alpha value is -0.720. The highest BCUT2D eigenvalue weighted by atomic mass is 32.1. The van der Waals surface area contributed by atoms with Gasteiger partial charge in [-0.25, -0.2) is 4.98 Å². The van der Waals surface area contributed by atoms with E-state index in [9.17, 15) is 5.11 Å². The summed E-state index contributed by atoms with van der Waals surface area (Å²) in [7, 11) is 0. The highest BCUT2D eigenvalue weighted by molar-refractivity contribution is 7.09. The lowest BCUT2D eigenvalue weighted by Crippen LogP contribution is -2.51. The molecular formula is C16H27N3O2S. The molecule has 22 heavy (non-hydrogen) atoms. The van der Waals surface area contributed by atoms with E-state index in [1.165, 1.54) is 37.2 Å². The SMILES string of the molecule is CC(C)(CNc1nc(C2CCCC2)ns1)C1(O)CCOCC1. The molecule has 1 aromatic heterocycles. The Morgan fingerprint density at radius 3 is 2.68 bits per heavy atom. The minimum Gasteiger partial charge on any atom is -0.389 e. The normalized spacial score (nSPS) is 22.9. The van der Waals surface area contributed by atoms with E-state index in [0.717, 1.165) is 11.0 Å². The second-order valence-electron chi connectivity index (χ2n) is 7.32. The van der Waals surface area contributed by atoms with Crippen molar-refractivity contribution in [3.63, 3.8) is 0 Å². The molecule has 0 spiro atoms. The third-order valence-corrected chi connectivity index (χ3v) is 6.11. The Bertz CT molecular complexity index is 491. The molecule has 1 aliphatic carbocycles. The lowest BCUT2D eigenvalue weighted by molar-refractivity contribution is -0.127. The highest BCUT2D eigenvalue weighted by Crippen LogP contribution is 2.39. The molecule has 1 saturated heterocycles. The Morgan fingerprint density at radius 2 is 2.00 bits per heavy atom. The maximum absolute atomic E-state index is 10.9. The summed E-state index contributed by atoms with van der Waals surface area (Å²) < 4.78 is 9.90. The standard InChI is InChI=1S/C16H27N3O2S/c1-15(2,16(20)7-9-21-10-8-16)11-17-14-18-13(19-22-14)12-5-3-4-6-12/h12,20H,3-11H2,1-2H3,(H,17,18,19). The average Bonchev–Trinajstić information content (AvgIpc) is 3.17. The Morgan fingerprint density at radius 1 is 1.32 bits per heavy atom. The molecule has 2 fully saturated rings. The van der Waals surface area contributed by atoms with Gasteiger partial charge in [0.15, 0.2) is 0 Å². The summed E-state index contributed by atoms with van der Waals surface area (Å²) >= 11 is 1.44. The predicted octanol–water partition coefficient (Wildman–Crippen LogP) is 3.18. The van der Waals surface area contributed by atoms with Crippen molar-refractivity contribution in [1.29, 1.82) is 0 Å². The molecule has 2 N–H and O–H groups in total. The van der Waals surface area contributed by atoms with Gasteiger partial charge in [0, 0.05) is 55.5 Å². The molecule has 124 valence electrons. The first-order chi connectivity index (χ1) is 10.5. The van der Waals surface area contributed by atoms with Crippen molar-refractivity contribution in [2.75, 3.05) is 25.1 Å². The number of aliphatic hydroxyl groups is 1. The average molecular weight is 325 g/mol. The van der Waals surface area contributed by atoms with Gasteiger partial charge in [-0.2, -0.15) is 4.37 Å². The van der Waals surface area contributed by atoms with Crippen LogP contribution in [-0.2, 0) is 4.74 Å². The van der Waals surface area contributed by atoms with Gasteiger partial charge in [-0.3, -0.25) is 0 Å². The number of hydrogen-bond donors (Lipinski definition) is 2. The molecule has 3 rings (SSSR count). The molecule has 0 atom stereocenters. The molecule has 6 heteroatoms. The van der Waals surface area contributed by atoms with Gasteiger partial charge >= 0.3 is 0 Å². The fraction of sp³-hybridized carbons (Fsp3) is 0.875. The first kappa shape index (κ1) is 16.1. The van der Waals surface area contributed by atoms with E-state index >= 15 is 0 Å². The molecule has 0 aromatic carbocycles. The van der Waals surface area contributed by atoms with Crippen LogP contribution in [-0.4, -0.2) is 39.8 Å². The molecule has 1 aromatic rings. The highest BCUT2D eigenvalue weighted by Gasteiger charge is 2.44. The van der Waals surface area contributed by atoms with Gasteiger partial charge in [0.1, 0.15) is 5.82 Å². The van der Waals surface area contributed by atoms with Crippen molar-refractivity contribution in [3.05, 3.63) is 5.82 Å². The van der Waals surface area contributed by atoms with Crippen LogP contribution >= 0.6 is 11.5 Å². The lowest BCUT2D eigenvalue weighted by atomic mass is 9.70. The zero-order valence-electron chi connectivity index (χ0n) is 13.6. The van der Waals surface area contributed by atoms with Crippen molar-refractivity contribution in [1.82, 2.24) is 9.36 Å². The van der Waals surface area contributed by atoms with Crippen LogP contribution in [0, 0.1) is 5.41 Å². The lowest BCUT2D eigenvalue weighted by Gasteiger charge is -2.45. The van der Waals surface area contributed by atoms with Crippen molar-refractivity contribution >= 4 is 16.7 Å². The fourth-order valence-electron chi connectivity index (χ4n) is 3.50. The number of nitrogens with zero attached hydrogens (tertiary/aromatic N) is 2. The fourth-order valence-corrected chi connectivity index (χ4v) is 4.14. The van der Waals surface area contributed by atoms with Crippen LogP contribution in [0.1, 0.15) is 64.1 Å². The second kappa shape index (κ2) is 6.42. The van der Waals surface area contributed by atoms with Gasteiger partial charge in [-0.05, 0) is 12.8 Å².